The van der Waals surface area contributed by atoms with Gasteiger partial charge < -0.3 is 10.0 Å². The molecule has 20 heavy (non-hydrogen) atoms. The van der Waals surface area contributed by atoms with Crippen LogP contribution in [0, 0.1) is 0 Å². The SMILES string of the molecule is O=C(O)c1cc(Br)ccc1N1CC=C(C(F)(F)F)CC1. The average molecular weight is 350 g/mol. The Morgan fingerprint density at radius 2 is 2.05 bits per heavy atom. The second kappa shape index (κ2) is 5.47. The number of hydrogen-bond acceptors (Lipinski definition) is 2. The van der Waals surface area contributed by atoms with Crippen LogP contribution in [0.5, 0.6) is 0 Å². The number of hydrogen-bond donors (Lipinski definition) is 1. The zero-order valence-electron chi connectivity index (χ0n) is 10.2. The lowest BCUT2D eigenvalue weighted by atomic mass is 10.1. The summed E-state index contributed by atoms with van der Waals surface area (Å²) >= 11 is 3.18. The third kappa shape index (κ3) is 3.15. The van der Waals surface area contributed by atoms with E-state index in [0.29, 0.717) is 10.2 Å². The van der Waals surface area contributed by atoms with E-state index in [1.807, 2.05) is 0 Å². The van der Waals surface area contributed by atoms with Gasteiger partial charge in [0.25, 0.3) is 0 Å². The number of halogens is 4. The second-order valence-electron chi connectivity index (χ2n) is 4.39. The summed E-state index contributed by atoms with van der Waals surface area (Å²) in [5.74, 6) is -1.10. The fourth-order valence-electron chi connectivity index (χ4n) is 2.10. The van der Waals surface area contributed by atoms with E-state index in [4.69, 9.17) is 5.11 Å². The van der Waals surface area contributed by atoms with Crippen LogP contribution in [0.2, 0.25) is 0 Å². The molecule has 1 heterocycles. The first-order chi connectivity index (χ1) is 9.29. The molecule has 1 aromatic rings. The first-order valence-electron chi connectivity index (χ1n) is 5.83. The van der Waals surface area contributed by atoms with E-state index in [0.717, 1.165) is 6.08 Å². The molecule has 2 rings (SSSR count). The maximum Gasteiger partial charge on any atom is 0.412 e. The van der Waals surface area contributed by atoms with Gasteiger partial charge in [0.2, 0.25) is 0 Å². The number of anilines is 1. The summed E-state index contributed by atoms with van der Waals surface area (Å²) in [6.07, 6.45) is -3.34. The van der Waals surface area contributed by atoms with Crippen molar-refractivity contribution < 1.29 is 23.1 Å². The van der Waals surface area contributed by atoms with E-state index in [1.165, 1.54) is 6.07 Å². The molecule has 1 aliphatic heterocycles. The number of rotatable bonds is 2. The lowest BCUT2D eigenvalue weighted by Gasteiger charge is -2.30. The summed E-state index contributed by atoms with van der Waals surface area (Å²) in [5.41, 5.74) is -0.0517. The molecule has 3 nitrogen and oxygen atoms in total. The minimum Gasteiger partial charge on any atom is -0.478 e. The average Bonchev–Trinajstić information content (AvgIpc) is 2.37. The number of carboxylic acids is 1. The van der Waals surface area contributed by atoms with Gasteiger partial charge in [-0.25, -0.2) is 4.79 Å². The van der Waals surface area contributed by atoms with Crippen molar-refractivity contribution in [3.63, 3.8) is 0 Å². The first kappa shape index (κ1) is 14.9. The van der Waals surface area contributed by atoms with E-state index < -0.39 is 17.7 Å². The number of aromatic carboxylic acids is 1. The fourth-order valence-corrected chi connectivity index (χ4v) is 2.46. The molecule has 1 aliphatic rings. The Morgan fingerprint density at radius 3 is 2.55 bits per heavy atom. The lowest BCUT2D eigenvalue weighted by molar-refractivity contribution is -0.0944. The van der Waals surface area contributed by atoms with E-state index in [9.17, 15) is 18.0 Å². The molecule has 0 radical (unpaired) electrons. The highest BCUT2D eigenvalue weighted by molar-refractivity contribution is 9.10. The van der Waals surface area contributed by atoms with Gasteiger partial charge in [-0.15, -0.1) is 0 Å². The molecular formula is C13H11BrF3NO2. The van der Waals surface area contributed by atoms with Crippen LogP contribution in [-0.4, -0.2) is 30.3 Å². The molecule has 108 valence electrons. The Hall–Kier alpha value is -1.50. The van der Waals surface area contributed by atoms with Crippen molar-refractivity contribution in [1.29, 1.82) is 0 Å². The van der Waals surface area contributed by atoms with E-state index >= 15 is 0 Å². The summed E-state index contributed by atoms with van der Waals surface area (Å²) in [7, 11) is 0. The third-order valence-corrected chi connectivity index (χ3v) is 3.60. The van der Waals surface area contributed by atoms with E-state index in [-0.39, 0.29) is 25.1 Å². The quantitative estimate of drug-likeness (QED) is 0.824. The molecule has 0 saturated heterocycles. The summed E-state index contributed by atoms with van der Waals surface area (Å²) in [6, 6.07) is 4.71. The molecule has 0 fully saturated rings. The van der Waals surface area contributed by atoms with Gasteiger partial charge in [-0.3, -0.25) is 0 Å². The van der Waals surface area contributed by atoms with Gasteiger partial charge in [0.15, 0.2) is 0 Å². The summed E-state index contributed by atoms with van der Waals surface area (Å²) < 4.78 is 38.2. The van der Waals surface area contributed by atoms with Crippen molar-refractivity contribution >= 4 is 27.6 Å². The van der Waals surface area contributed by atoms with Gasteiger partial charge in [0, 0.05) is 23.1 Å². The molecule has 1 N–H and O–H groups in total. The highest BCUT2D eigenvalue weighted by Gasteiger charge is 2.35. The van der Waals surface area contributed by atoms with Crippen molar-refractivity contribution in [1.82, 2.24) is 0 Å². The number of benzene rings is 1. The summed E-state index contributed by atoms with van der Waals surface area (Å²) in [6.45, 7) is 0.198. The molecule has 0 aliphatic carbocycles. The van der Waals surface area contributed by atoms with Crippen LogP contribution in [0.15, 0.2) is 34.3 Å². The molecule has 0 amide bonds. The highest BCUT2D eigenvalue weighted by atomic mass is 79.9. The number of carbonyl (C=O) groups is 1. The Bertz CT molecular complexity index is 569. The van der Waals surface area contributed by atoms with Crippen molar-refractivity contribution in [2.24, 2.45) is 0 Å². The van der Waals surface area contributed by atoms with Crippen LogP contribution in [0.1, 0.15) is 16.8 Å². The van der Waals surface area contributed by atoms with Gasteiger partial charge in [-0.1, -0.05) is 22.0 Å². The zero-order chi connectivity index (χ0) is 14.9. The minimum absolute atomic E-state index is 0.0523. The third-order valence-electron chi connectivity index (χ3n) is 3.10. The van der Waals surface area contributed by atoms with E-state index in [1.54, 1.807) is 17.0 Å². The Kier molecular flexibility index (Phi) is 4.08. The second-order valence-corrected chi connectivity index (χ2v) is 5.31. The van der Waals surface area contributed by atoms with Crippen LogP contribution in [0.3, 0.4) is 0 Å². The lowest BCUT2D eigenvalue weighted by Crippen LogP contribution is -2.32. The van der Waals surface area contributed by atoms with Gasteiger partial charge in [0.1, 0.15) is 0 Å². The van der Waals surface area contributed by atoms with Crippen molar-refractivity contribution in [3.8, 4) is 0 Å². The topological polar surface area (TPSA) is 40.5 Å². The number of alkyl halides is 3. The van der Waals surface area contributed by atoms with Crippen LogP contribution in [-0.2, 0) is 0 Å². The maximum absolute atomic E-state index is 12.5. The zero-order valence-corrected chi connectivity index (χ0v) is 11.8. The molecule has 1 aromatic carbocycles. The molecule has 0 saturated carbocycles. The van der Waals surface area contributed by atoms with Gasteiger partial charge in [-0.2, -0.15) is 13.2 Å². The van der Waals surface area contributed by atoms with Crippen molar-refractivity contribution in [3.05, 3.63) is 39.9 Å². The highest BCUT2D eigenvalue weighted by Crippen LogP contribution is 2.33. The standard InChI is InChI=1S/C13H11BrF3NO2/c14-9-1-2-11(10(7-9)12(19)20)18-5-3-8(4-6-18)13(15,16)17/h1-3,7H,4-6H2,(H,19,20). The monoisotopic (exact) mass is 349 g/mol. The summed E-state index contributed by atoms with van der Waals surface area (Å²) in [4.78, 5) is 12.8. The van der Waals surface area contributed by atoms with Gasteiger partial charge in [-0.05, 0) is 24.6 Å². The van der Waals surface area contributed by atoms with E-state index in [2.05, 4.69) is 15.9 Å². The minimum atomic E-state index is -4.30. The molecular weight excluding hydrogens is 339 g/mol. The Morgan fingerprint density at radius 1 is 1.35 bits per heavy atom. The molecule has 0 bridgehead atoms. The summed E-state index contributed by atoms with van der Waals surface area (Å²) in [5, 5.41) is 9.16. The molecule has 0 atom stereocenters. The number of nitrogens with zero attached hydrogens (tertiary/aromatic N) is 1. The predicted molar refractivity (Wildman–Crippen MR) is 72.1 cm³/mol. The fraction of sp³-hybridized carbons (Fsp3) is 0.308. The molecule has 0 unspecified atom stereocenters. The van der Waals surface area contributed by atoms with Gasteiger partial charge in [0.05, 0.1) is 11.3 Å². The smallest absolute Gasteiger partial charge is 0.412 e. The predicted octanol–water partition coefficient (Wildman–Crippen LogP) is 3.85. The largest absolute Gasteiger partial charge is 0.478 e. The van der Waals surface area contributed by atoms with Crippen LogP contribution >= 0.6 is 15.9 Å². The maximum atomic E-state index is 12.5. The molecule has 7 heteroatoms. The Balaban J connectivity index is 2.27. The van der Waals surface area contributed by atoms with Crippen molar-refractivity contribution in [2.75, 3.05) is 18.0 Å². The van der Waals surface area contributed by atoms with Crippen LogP contribution in [0.4, 0.5) is 18.9 Å². The van der Waals surface area contributed by atoms with Gasteiger partial charge >= 0.3 is 12.1 Å². The number of carboxylic acid groups (broad SMARTS) is 1. The van der Waals surface area contributed by atoms with Crippen LogP contribution in [0.25, 0.3) is 0 Å². The first-order valence-corrected chi connectivity index (χ1v) is 6.62. The molecule has 0 aromatic heterocycles. The molecule has 0 spiro atoms. The van der Waals surface area contributed by atoms with Crippen molar-refractivity contribution in [2.45, 2.75) is 12.6 Å². The normalized spacial score (nSPS) is 16.0. The van der Waals surface area contributed by atoms with Crippen LogP contribution < -0.4 is 4.90 Å². The Labute approximate surface area is 121 Å².